The smallest absolute Gasteiger partial charge is 0.253 e. The third-order valence-electron chi connectivity index (χ3n) is 2.42. The van der Waals surface area contributed by atoms with Crippen molar-refractivity contribution < 1.29 is 9.90 Å². The molecule has 0 aliphatic carbocycles. The Kier molecular flexibility index (Phi) is 4.78. The van der Waals surface area contributed by atoms with Gasteiger partial charge < -0.3 is 14.9 Å². The van der Waals surface area contributed by atoms with Crippen LogP contribution in [0.4, 0.5) is 0 Å². The number of halogens is 1. The fraction of sp³-hybridized carbons (Fsp3) is 0.417. The molecule has 17 heavy (non-hydrogen) atoms. The lowest BCUT2D eigenvalue weighted by molar-refractivity contribution is 0.0786. The predicted octanol–water partition coefficient (Wildman–Crippen LogP) is 1.68. The van der Waals surface area contributed by atoms with Gasteiger partial charge in [-0.2, -0.15) is 0 Å². The molecule has 94 valence electrons. The summed E-state index contributed by atoms with van der Waals surface area (Å²) in [5.74, 6) is -0.118. The van der Waals surface area contributed by atoms with E-state index in [1.54, 1.807) is 18.0 Å². The summed E-state index contributed by atoms with van der Waals surface area (Å²) in [6.07, 6.45) is 0. The second kappa shape index (κ2) is 5.89. The molecule has 0 bridgehead atoms. The Balaban J connectivity index is 2.71. The molecule has 1 amide bonds. The monoisotopic (exact) mass is 256 g/mol. The number of nitrogens with zero attached hydrogens (tertiary/aromatic N) is 2. The van der Waals surface area contributed by atoms with Gasteiger partial charge in [0, 0.05) is 25.7 Å². The number of hydrogen-bond donors (Lipinski definition) is 1. The van der Waals surface area contributed by atoms with Crippen molar-refractivity contribution in [2.45, 2.75) is 0 Å². The van der Waals surface area contributed by atoms with Crippen molar-refractivity contribution in [3.8, 4) is 5.75 Å². The van der Waals surface area contributed by atoms with Crippen LogP contribution in [0.15, 0.2) is 18.2 Å². The van der Waals surface area contributed by atoms with Crippen LogP contribution in [0.25, 0.3) is 0 Å². The van der Waals surface area contributed by atoms with Gasteiger partial charge in [-0.3, -0.25) is 4.79 Å². The molecule has 1 rings (SSSR count). The summed E-state index contributed by atoms with van der Waals surface area (Å²) < 4.78 is 0. The van der Waals surface area contributed by atoms with Gasteiger partial charge in [0.15, 0.2) is 0 Å². The first-order chi connectivity index (χ1) is 7.91. The Bertz CT molecular complexity index is 407. The number of carbonyl (C=O) groups is 1. The third kappa shape index (κ3) is 3.91. The number of rotatable bonds is 4. The summed E-state index contributed by atoms with van der Waals surface area (Å²) in [5.41, 5.74) is 0.481. The Morgan fingerprint density at radius 1 is 1.29 bits per heavy atom. The normalized spacial score (nSPS) is 10.6. The molecule has 0 aliphatic rings. The second-order valence-electron chi connectivity index (χ2n) is 4.20. The van der Waals surface area contributed by atoms with E-state index in [2.05, 4.69) is 0 Å². The molecule has 1 aromatic carbocycles. The maximum absolute atomic E-state index is 12.0. The quantitative estimate of drug-likeness (QED) is 0.892. The molecular weight excluding hydrogens is 240 g/mol. The average molecular weight is 257 g/mol. The fourth-order valence-electron chi connectivity index (χ4n) is 1.31. The number of carbonyl (C=O) groups excluding carboxylic acids is 1. The van der Waals surface area contributed by atoms with Crippen molar-refractivity contribution in [1.82, 2.24) is 9.80 Å². The maximum Gasteiger partial charge on any atom is 0.253 e. The van der Waals surface area contributed by atoms with E-state index in [4.69, 9.17) is 11.6 Å². The molecule has 0 spiro atoms. The molecule has 1 N–H and O–H groups in total. The fourth-order valence-corrected chi connectivity index (χ4v) is 1.49. The third-order valence-corrected chi connectivity index (χ3v) is 2.73. The minimum atomic E-state index is -0.103. The van der Waals surface area contributed by atoms with Crippen LogP contribution in [0.2, 0.25) is 5.02 Å². The highest BCUT2D eigenvalue weighted by Gasteiger charge is 2.13. The zero-order valence-electron chi connectivity index (χ0n) is 10.3. The molecule has 0 aromatic heterocycles. The molecular formula is C12H17ClN2O2. The number of likely N-dealkylation sites (N-methyl/N-ethyl adjacent to an activating group) is 2. The summed E-state index contributed by atoms with van der Waals surface area (Å²) in [5, 5.41) is 9.47. The van der Waals surface area contributed by atoms with Crippen LogP contribution >= 0.6 is 11.6 Å². The van der Waals surface area contributed by atoms with E-state index in [0.29, 0.717) is 12.1 Å². The average Bonchev–Trinajstić information content (AvgIpc) is 2.28. The lowest BCUT2D eigenvalue weighted by Gasteiger charge is -2.19. The largest absolute Gasteiger partial charge is 0.506 e. The van der Waals surface area contributed by atoms with Gasteiger partial charge in [-0.1, -0.05) is 11.6 Å². The molecule has 1 aromatic rings. The highest BCUT2D eigenvalue weighted by atomic mass is 35.5. The summed E-state index contributed by atoms with van der Waals surface area (Å²) in [6, 6.07) is 4.47. The molecule has 4 nitrogen and oxygen atoms in total. The SMILES string of the molecule is CN(C)CCN(C)C(=O)c1ccc(O)c(Cl)c1. The Morgan fingerprint density at radius 2 is 1.94 bits per heavy atom. The first-order valence-corrected chi connectivity index (χ1v) is 5.68. The highest BCUT2D eigenvalue weighted by molar-refractivity contribution is 6.32. The van der Waals surface area contributed by atoms with Gasteiger partial charge in [0.05, 0.1) is 5.02 Å². The number of hydrogen-bond acceptors (Lipinski definition) is 3. The molecule has 0 radical (unpaired) electrons. The van der Waals surface area contributed by atoms with Gasteiger partial charge in [-0.05, 0) is 32.3 Å². The van der Waals surface area contributed by atoms with Gasteiger partial charge >= 0.3 is 0 Å². The van der Waals surface area contributed by atoms with Gasteiger partial charge in [0.1, 0.15) is 5.75 Å². The van der Waals surface area contributed by atoms with Gasteiger partial charge in [0.25, 0.3) is 5.91 Å². The van der Waals surface area contributed by atoms with E-state index < -0.39 is 0 Å². The zero-order chi connectivity index (χ0) is 13.0. The van der Waals surface area contributed by atoms with Crippen molar-refractivity contribution in [3.63, 3.8) is 0 Å². The molecule has 0 saturated carbocycles. The van der Waals surface area contributed by atoms with Crippen LogP contribution in [-0.2, 0) is 0 Å². The van der Waals surface area contributed by atoms with Crippen LogP contribution in [0.3, 0.4) is 0 Å². The first-order valence-electron chi connectivity index (χ1n) is 5.30. The Morgan fingerprint density at radius 3 is 2.47 bits per heavy atom. The summed E-state index contributed by atoms with van der Waals surface area (Å²) in [6.45, 7) is 1.44. The summed E-state index contributed by atoms with van der Waals surface area (Å²) >= 11 is 5.76. The Hall–Kier alpha value is -1.26. The molecule has 0 saturated heterocycles. The van der Waals surface area contributed by atoms with E-state index in [0.717, 1.165) is 6.54 Å². The highest BCUT2D eigenvalue weighted by Crippen LogP contribution is 2.24. The van der Waals surface area contributed by atoms with Crippen molar-refractivity contribution in [3.05, 3.63) is 28.8 Å². The van der Waals surface area contributed by atoms with E-state index in [9.17, 15) is 9.90 Å². The lowest BCUT2D eigenvalue weighted by Crippen LogP contribution is -2.33. The topological polar surface area (TPSA) is 43.8 Å². The predicted molar refractivity (Wildman–Crippen MR) is 68.6 cm³/mol. The summed E-state index contributed by atoms with van der Waals surface area (Å²) in [4.78, 5) is 15.6. The van der Waals surface area contributed by atoms with E-state index in [-0.39, 0.29) is 16.7 Å². The molecule has 0 heterocycles. The minimum Gasteiger partial charge on any atom is -0.506 e. The lowest BCUT2D eigenvalue weighted by atomic mass is 10.2. The van der Waals surface area contributed by atoms with Crippen molar-refractivity contribution in [2.24, 2.45) is 0 Å². The zero-order valence-corrected chi connectivity index (χ0v) is 11.0. The van der Waals surface area contributed by atoms with Crippen molar-refractivity contribution in [2.75, 3.05) is 34.2 Å². The van der Waals surface area contributed by atoms with Gasteiger partial charge in [-0.25, -0.2) is 0 Å². The maximum atomic E-state index is 12.0. The Labute approximate surface area is 106 Å². The minimum absolute atomic E-state index is 0.0147. The van der Waals surface area contributed by atoms with Crippen molar-refractivity contribution >= 4 is 17.5 Å². The van der Waals surface area contributed by atoms with Gasteiger partial charge in [0.2, 0.25) is 0 Å². The number of phenols is 1. The van der Waals surface area contributed by atoms with E-state index >= 15 is 0 Å². The van der Waals surface area contributed by atoms with Crippen LogP contribution < -0.4 is 0 Å². The summed E-state index contributed by atoms with van der Waals surface area (Å²) in [7, 11) is 5.65. The van der Waals surface area contributed by atoms with Crippen molar-refractivity contribution in [1.29, 1.82) is 0 Å². The number of benzene rings is 1. The molecule has 0 atom stereocenters. The second-order valence-corrected chi connectivity index (χ2v) is 4.60. The molecule has 0 unspecified atom stereocenters. The van der Waals surface area contributed by atoms with Crippen LogP contribution in [-0.4, -0.2) is 55.0 Å². The molecule has 5 heteroatoms. The van der Waals surface area contributed by atoms with Crippen LogP contribution in [0.1, 0.15) is 10.4 Å². The number of aromatic hydroxyl groups is 1. The standard InChI is InChI=1S/C12H17ClN2O2/c1-14(2)6-7-15(3)12(17)9-4-5-11(16)10(13)8-9/h4-5,8,16H,6-7H2,1-3H3. The molecule has 0 aliphatic heterocycles. The van der Waals surface area contributed by atoms with E-state index in [1.807, 2.05) is 19.0 Å². The van der Waals surface area contributed by atoms with E-state index in [1.165, 1.54) is 12.1 Å². The number of phenolic OH excluding ortho intramolecular Hbond substituents is 1. The van der Waals surface area contributed by atoms with Crippen LogP contribution in [0, 0.1) is 0 Å². The van der Waals surface area contributed by atoms with Crippen LogP contribution in [0.5, 0.6) is 5.75 Å². The first kappa shape index (κ1) is 13.8. The van der Waals surface area contributed by atoms with Gasteiger partial charge in [-0.15, -0.1) is 0 Å². The molecule has 0 fully saturated rings. The number of amides is 1.